The molecular formula is C21H22ClNO3. The second kappa shape index (κ2) is 7.92. The van der Waals surface area contributed by atoms with E-state index in [1.54, 1.807) is 18.2 Å². The fourth-order valence-corrected chi connectivity index (χ4v) is 3.67. The van der Waals surface area contributed by atoms with Crippen molar-refractivity contribution in [3.05, 3.63) is 64.7 Å². The van der Waals surface area contributed by atoms with Crippen molar-refractivity contribution in [2.24, 2.45) is 0 Å². The maximum atomic E-state index is 12.8. The second-order valence-corrected chi connectivity index (χ2v) is 7.23. The summed E-state index contributed by atoms with van der Waals surface area (Å²) in [7, 11) is 0. The number of hydrogen-bond donors (Lipinski definition) is 1. The fourth-order valence-electron chi connectivity index (χ4n) is 3.55. The van der Waals surface area contributed by atoms with E-state index in [0.717, 1.165) is 36.8 Å². The van der Waals surface area contributed by atoms with Crippen LogP contribution in [0.5, 0.6) is 0 Å². The minimum absolute atomic E-state index is 0.290. The van der Waals surface area contributed by atoms with Crippen molar-refractivity contribution in [3.63, 3.8) is 0 Å². The summed E-state index contributed by atoms with van der Waals surface area (Å²) in [4.78, 5) is 25.0. The molecule has 3 rings (SSSR count). The van der Waals surface area contributed by atoms with Crippen LogP contribution in [-0.2, 0) is 19.7 Å². The first kappa shape index (κ1) is 18.5. The normalized spacial score (nSPS) is 15.5. The van der Waals surface area contributed by atoms with E-state index in [0.29, 0.717) is 10.7 Å². The van der Waals surface area contributed by atoms with Crippen LogP contribution in [0, 0.1) is 6.92 Å². The number of halogens is 1. The summed E-state index contributed by atoms with van der Waals surface area (Å²) in [5, 5.41) is 3.39. The van der Waals surface area contributed by atoms with Gasteiger partial charge in [-0.1, -0.05) is 48.7 Å². The Morgan fingerprint density at radius 1 is 1.12 bits per heavy atom. The molecule has 0 aromatic heterocycles. The number of anilines is 1. The fraction of sp³-hybridized carbons (Fsp3) is 0.333. The molecule has 136 valence electrons. The molecule has 0 heterocycles. The summed E-state index contributed by atoms with van der Waals surface area (Å²) in [6.07, 6.45) is 3.39. The van der Waals surface area contributed by atoms with Gasteiger partial charge in [-0.3, -0.25) is 9.59 Å². The second-order valence-electron chi connectivity index (χ2n) is 6.79. The van der Waals surface area contributed by atoms with Crippen LogP contribution in [0.25, 0.3) is 0 Å². The lowest BCUT2D eigenvalue weighted by Gasteiger charge is -2.27. The molecule has 1 aliphatic carbocycles. The van der Waals surface area contributed by atoms with E-state index in [1.165, 1.54) is 0 Å². The van der Waals surface area contributed by atoms with E-state index in [1.807, 2.05) is 37.3 Å². The highest BCUT2D eigenvalue weighted by Gasteiger charge is 2.44. The standard InChI is InChI=1S/C21H22ClNO3/c1-15-5-4-6-18(13-15)23-19(24)14-26-20(25)21(11-2-3-12-21)16-7-9-17(22)10-8-16/h4-10,13H,2-3,11-12,14H2,1H3,(H,23,24). The van der Waals surface area contributed by atoms with Gasteiger partial charge >= 0.3 is 5.97 Å². The number of ether oxygens (including phenoxy) is 1. The average molecular weight is 372 g/mol. The summed E-state index contributed by atoms with van der Waals surface area (Å²) in [5.41, 5.74) is 1.98. The van der Waals surface area contributed by atoms with Crippen LogP contribution in [0.4, 0.5) is 5.69 Å². The van der Waals surface area contributed by atoms with Crippen LogP contribution in [0.15, 0.2) is 48.5 Å². The van der Waals surface area contributed by atoms with Gasteiger partial charge in [0.2, 0.25) is 0 Å². The number of benzene rings is 2. The Morgan fingerprint density at radius 2 is 1.81 bits per heavy atom. The molecule has 0 bridgehead atoms. The van der Waals surface area contributed by atoms with Crippen LogP contribution >= 0.6 is 11.6 Å². The third-order valence-electron chi connectivity index (χ3n) is 4.88. The Kier molecular flexibility index (Phi) is 5.62. The molecule has 2 aromatic rings. The molecule has 4 nitrogen and oxygen atoms in total. The number of esters is 1. The monoisotopic (exact) mass is 371 g/mol. The van der Waals surface area contributed by atoms with E-state index in [9.17, 15) is 9.59 Å². The van der Waals surface area contributed by atoms with Gasteiger partial charge in [-0.25, -0.2) is 0 Å². The highest BCUT2D eigenvalue weighted by molar-refractivity contribution is 6.30. The Morgan fingerprint density at radius 3 is 2.46 bits per heavy atom. The van der Waals surface area contributed by atoms with E-state index in [4.69, 9.17) is 16.3 Å². The van der Waals surface area contributed by atoms with Gasteiger partial charge in [-0.15, -0.1) is 0 Å². The topological polar surface area (TPSA) is 55.4 Å². The number of rotatable bonds is 5. The lowest BCUT2D eigenvalue weighted by Crippen LogP contribution is -2.36. The number of hydrogen-bond acceptors (Lipinski definition) is 3. The van der Waals surface area contributed by atoms with Crippen molar-refractivity contribution in [2.45, 2.75) is 38.0 Å². The van der Waals surface area contributed by atoms with Gasteiger partial charge in [0.05, 0.1) is 5.41 Å². The van der Waals surface area contributed by atoms with E-state index >= 15 is 0 Å². The van der Waals surface area contributed by atoms with Gasteiger partial charge in [0.1, 0.15) is 0 Å². The van der Waals surface area contributed by atoms with Crippen molar-refractivity contribution in [3.8, 4) is 0 Å². The SMILES string of the molecule is Cc1cccc(NC(=O)COC(=O)C2(c3ccc(Cl)cc3)CCCC2)c1. The number of carbonyl (C=O) groups is 2. The molecule has 0 atom stereocenters. The van der Waals surface area contributed by atoms with Gasteiger partial charge in [0.25, 0.3) is 5.91 Å². The maximum absolute atomic E-state index is 12.8. The average Bonchev–Trinajstić information content (AvgIpc) is 3.11. The smallest absolute Gasteiger partial charge is 0.317 e. The third kappa shape index (κ3) is 4.07. The first-order chi connectivity index (χ1) is 12.5. The molecule has 0 spiro atoms. The molecule has 0 aliphatic heterocycles. The summed E-state index contributed by atoms with van der Waals surface area (Å²) in [5.74, 6) is -0.676. The Balaban J connectivity index is 1.65. The lowest BCUT2D eigenvalue weighted by atomic mass is 9.79. The van der Waals surface area contributed by atoms with Crippen LogP contribution < -0.4 is 5.32 Å². The summed E-state index contributed by atoms with van der Waals surface area (Å²) < 4.78 is 5.39. The van der Waals surface area contributed by atoms with E-state index < -0.39 is 5.41 Å². The van der Waals surface area contributed by atoms with Crippen molar-refractivity contribution in [1.82, 2.24) is 0 Å². The van der Waals surface area contributed by atoms with Gasteiger partial charge < -0.3 is 10.1 Å². The van der Waals surface area contributed by atoms with Crippen LogP contribution in [0.3, 0.4) is 0 Å². The van der Waals surface area contributed by atoms with Crippen molar-refractivity contribution in [1.29, 1.82) is 0 Å². The number of nitrogens with one attached hydrogen (secondary N) is 1. The molecule has 26 heavy (non-hydrogen) atoms. The molecule has 1 saturated carbocycles. The molecule has 0 radical (unpaired) electrons. The molecule has 1 fully saturated rings. The van der Waals surface area contributed by atoms with E-state index in [2.05, 4.69) is 5.32 Å². The first-order valence-corrected chi connectivity index (χ1v) is 9.17. The number of amides is 1. The van der Waals surface area contributed by atoms with Crippen molar-refractivity contribution < 1.29 is 14.3 Å². The summed E-state index contributed by atoms with van der Waals surface area (Å²) in [6, 6.07) is 14.8. The Bertz CT molecular complexity index is 795. The molecule has 1 aliphatic rings. The first-order valence-electron chi connectivity index (χ1n) is 8.79. The Hall–Kier alpha value is -2.33. The third-order valence-corrected chi connectivity index (χ3v) is 5.13. The Labute approximate surface area is 158 Å². The van der Waals surface area contributed by atoms with Gasteiger partial charge in [-0.2, -0.15) is 0 Å². The molecule has 1 N–H and O–H groups in total. The predicted octanol–water partition coefficient (Wildman–Crippen LogP) is 4.64. The predicted molar refractivity (Wildman–Crippen MR) is 102 cm³/mol. The largest absolute Gasteiger partial charge is 0.455 e. The lowest BCUT2D eigenvalue weighted by molar-refractivity contribution is -0.153. The van der Waals surface area contributed by atoms with Crippen molar-refractivity contribution in [2.75, 3.05) is 11.9 Å². The number of carbonyl (C=O) groups excluding carboxylic acids is 2. The molecule has 2 aromatic carbocycles. The van der Waals surface area contributed by atoms with Gasteiger partial charge in [0, 0.05) is 10.7 Å². The van der Waals surface area contributed by atoms with Crippen LogP contribution in [0.2, 0.25) is 5.02 Å². The summed E-state index contributed by atoms with van der Waals surface area (Å²) in [6.45, 7) is 1.66. The zero-order chi connectivity index (χ0) is 18.6. The highest BCUT2D eigenvalue weighted by Crippen LogP contribution is 2.42. The van der Waals surface area contributed by atoms with Crippen LogP contribution in [0.1, 0.15) is 36.8 Å². The van der Waals surface area contributed by atoms with Gasteiger partial charge in [-0.05, 0) is 55.2 Å². The number of aryl methyl sites for hydroxylation is 1. The summed E-state index contributed by atoms with van der Waals surface area (Å²) >= 11 is 5.97. The molecule has 1 amide bonds. The quantitative estimate of drug-likeness (QED) is 0.779. The van der Waals surface area contributed by atoms with E-state index in [-0.39, 0.29) is 18.5 Å². The van der Waals surface area contributed by atoms with Crippen molar-refractivity contribution >= 4 is 29.2 Å². The van der Waals surface area contributed by atoms with Crippen LogP contribution in [-0.4, -0.2) is 18.5 Å². The molecule has 0 unspecified atom stereocenters. The molecular weight excluding hydrogens is 350 g/mol. The minimum atomic E-state index is -0.672. The van der Waals surface area contributed by atoms with Gasteiger partial charge in [0.15, 0.2) is 6.61 Å². The highest BCUT2D eigenvalue weighted by atomic mass is 35.5. The maximum Gasteiger partial charge on any atom is 0.317 e. The minimum Gasteiger partial charge on any atom is -0.455 e. The molecule has 0 saturated heterocycles. The molecule has 5 heteroatoms. The zero-order valence-electron chi connectivity index (χ0n) is 14.8. The zero-order valence-corrected chi connectivity index (χ0v) is 15.5.